The van der Waals surface area contributed by atoms with Crippen LogP contribution >= 0.6 is 0 Å². The van der Waals surface area contributed by atoms with Gasteiger partial charge in [0.15, 0.2) is 5.82 Å². The predicted molar refractivity (Wildman–Crippen MR) is 55.3 cm³/mol. The van der Waals surface area contributed by atoms with Crippen LogP contribution in [-0.2, 0) is 19.6 Å². The van der Waals surface area contributed by atoms with Crippen LogP contribution in [0.25, 0.3) is 0 Å². The number of hydrogen-bond acceptors (Lipinski definition) is 6. The molecule has 1 N–H and O–H groups in total. The molecule has 0 spiro atoms. The first-order valence-electron chi connectivity index (χ1n) is 5.16. The molecule has 0 unspecified atom stereocenters. The van der Waals surface area contributed by atoms with E-state index in [2.05, 4.69) is 32.6 Å². The number of nitrogens with one attached hydrogen (secondary N) is 1. The van der Waals surface area contributed by atoms with Gasteiger partial charge in [0.05, 0.1) is 13.1 Å². The van der Waals surface area contributed by atoms with Crippen LogP contribution in [0.2, 0.25) is 0 Å². The fourth-order valence-corrected chi connectivity index (χ4v) is 1.38. The highest BCUT2D eigenvalue weighted by atomic mass is 16.5. The van der Waals surface area contributed by atoms with Crippen LogP contribution in [0.1, 0.15) is 24.5 Å². The highest BCUT2D eigenvalue weighted by molar-refractivity contribution is 4.87. The number of rotatable bonds is 5. The number of aromatic nitrogens is 5. The van der Waals surface area contributed by atoms with Gasteiger partial charge in [0, 0.05) is 13.5 Å². The van der Waals surface area contributed by atoms with Crippen LogP contribution in [0.3, 0.4) is 0 Å². The first kappa shape index (κ1) is 10.7. The quantitative estimate of drug-likeness (QED) is 0.782. The van der Waals surface area contributed by atoms with E-state index in [1.54, 1.807) is 13.3 Å². The summed E-state index contributed by atoms with van der Waals surface area (Å²) < 4.78 is 6.84. The van der Waals surface area contributed by atoms with Gasteiger partial charge in [0.1, 0.15) is 12.2 Å². The molecule has 0 radical (unpaired) electrons. The van der Waals surface area contributed by atoms with E-state index in [4.69, 9.17) is 4.52 Å². The van der Waals surface area contributed by atoms with E-state index >= 15 is 0 Å². The van der Waals surface area contributed by atoms with E-state index in [1.165, 1.54) is 0 Å². The molecule has 0 bridgehead atoms. The molecular weight excluding hydrogens is 208 g/mol. The second-order valence-corrected chi connectivity index (χ2v) is 3.37. The summed E-state index contributed by atoms with van der Waals surface area (Å²) in [5, 5.41) is 14.8. The van der Waals surface area contributed by atoms with Gasteiger partial charge in [-0.3, -0.25) is 0 Å². The lowest BCUT2D eigenvalue weighted by Gasteiger charge is -2.02. The number of hydrogen-bond donors (Lipinski definition) is 1. The van der Waals surface area contributed by atoms with Crippen molar-refractivity contribution in [2.75, 3.05) is 0 Å². The van der Waals surface area contributed by atoms with Crippen molar-refractivity contribution >= 4 is 0 Å². The molecule has 2 aromatic heterocycles. The summed E-state index contributed by atoms with van der Waals surface area (Å²) in [6.45, 7) is 5.89. The van der Waals surface area contributed by atoms with E-state index in [1.807, 2.05) is 4.57 Å². The highest BCUT2D eigenvalue weighted by Crippen LogP contribution is 1.97. The minimum absolute atomic E-state index is 0.563. The minimum Gasteiger partial charge on any atom is -0.340 e. The Kier molecular flexibility index (Phi) is 3.25. The van der Waals surface area contributed by atoms with Gasteiger partial charge in [-0.1, -0.05) is 5.16 Å². The zero-order chi connectivity index (χ0) is 11.4. The van der Waals surface area contributed by atoms with Crippen LogP contribution < -0.4 is 5.32 Å². The maximum atomic E-state index is 4.86. The summed E-state index contributed by atoms with van der Waals surface area (Å²) in [6.07, 6.45) is 1.72. The maximum absolute atomic E-state index is 4.86. The average molecular weight is 222 g/mol. The molecule has 86 valence electrons. The second-order valence-electron chi connectivity index (χ2n) is 3.37. The zero-order valence-corrected chi connectivity index (χ0v) is 9.34. The normalized spacial score (nSPS) is 10.9. The van der Waals surface area contributed by atoms with Crippen molar-refractivity contribution in [3.05, 3.63) is 23.9 Å². The Balaban J connectivity index is 1.84. The number of aryl methyl sites for hydroxylation is 2. The van der Waals surface area contributed by atoms with E-state index in [9.17, 15) is 0 Å². The lowest BCUT2D eigenvalue weighted by molar-refractivity contribution is 0.385. The molecule has 0 aliphatic rings. The Bertz CT molecular complexity index is 448. The standard InChI is InChI=1S/C9H14N6O/c1-3-15-6-11-13-9(15)5-10-4-8-12-7(2)16-14-8/h6,10H,3-5H2,1-2H3. The molecule has 0 amide bonds. The van der Waals surface area contributed by atoms with Crippen molar-refractivity contribution in [2.24, 2.45) is 0 Å². The predicted octanol–water partition coefficient (Wildman–Crippen LogP) is 0.279. The molecule has 7 heteroatoms. The lowest BCUT2D eigenvalue weighted by Crippen LogP contribution is -2.17. The molecule has 0 aliphatic heterocycles. The molecule has 16 heavy (non-hydrogen) atoms. The summed E-state index contributed by atoms with van der Waals surface area (Å²) in [4.78, 5) is 4.09. The summed E-state index contributed by atoms with van der Waals surface area (Å²) >= 11 is 0. The van der Waals surface area contributed by atoms with Crippen molar-refractivity contribution in [3.63, 3.8) is 0 Å². The monoisotopic (exact) mass is 222 g/mol. The number of nitrogens with zero attached hydrogens (tertiary/aromatic N) is 5. The Morgan fingerprint density at radius 3 is 3.00 bits per heavy atom. The lowest BCUT2D eigenvalue weighted by atomic mass is 10.5. The van der Waals surface area contributed by atoms with Crippen LogP contribution in [0.5, 0.6) is 0 Å². The fraction of sp³-hybridized carbons (Fsp3) is 0.556. The summed E-state index contributed by atoms with van der Waals surface area (Å²) in [6, 6.07) is 0. The van der Waals surface area contributed by atoms with Crippen LogP contribution in [-0.4, -0.2) is 24.9 Å². The van der Waals surface area contributed by atoms with E-state index < -0.39 is 0 Å². The smallest absolute Gasteiger partial charge is 0.223 e. The third-order valence-electron chi connectivity index (χ3n) is 2.17. The van der Waals surface area contributed by atoms with Gasteiger partial charge in [0.2, 0.25) is 5.89 Å². The van der Waals surface area contributed by atoms with E-state index in [0.717, 1.165) is 12.4 Å². The Hall–Kier alpha value is -1.76. The van der Waals surface area contributed by atoms with Gasteiger partial charge < -0.3 is 14.4 Å². The summed E-state index contributed by atoms with van der Waals surface area (Å²) in [5.41, 5.74) is 0. The van der Waals surface area contributed by atoms with Crippen molar-refractivity contribution in [3.8, 4) is 0 Å². The highest BCUT2D eigenvalue weighted by Gasteiger charge is 2.04. The van der Waals surface area contributed by atoms with E-state index in [-0.39, 0.29) is 0 Å². The van der Waals surface area contributed by atoms with Crippen LogP contribution in [0.4, 0.5) is 0 Å². The van der Waals surface area contributed by atoms with Gasteiger partial charge in [0.25, 0.3) is 0 Å². The molecule has 0 saturated heterocycles. The largest absolute Gasteiger partial charge is 0.340 e. The van der Waals surface area contributed by atoms with Crippen molar-refractivity contribution in [1.29, 1.82) is 0 Å². The van der Waals surface area contributed by atoms with Gasteiger partial charge in [-0.05, 0) is 6.92 Å². The third-order valence-corrected chi connectivity index (χ3v) is 2.17. The van der Waals surface area contributed by atoms with Gasteiger partial charge in [-0.15, -0.1) is 10.2 Å². The Morgan fingerprint density at radius 1 is 1.44 bits per heavy atom. The minimum atomic E-state index is 0.563. The molecule has 7 nitrogen and oxygen atoms in total. The molecule has 0 saturated carbocycles. The molecule has 0 atom stereocenters. The zero-order valence-electron chi connectivity index (χ0n) is 9.34. The van der Waals surface area contributed by atoms with Crippen LogP contribution in [0, 0.1) is 6.92 Å². The maximum Gasteiger partial charge on any atom is 0.223 e. The molecular formula is C9H14N6O. The van der Waals surface area contributed by atoms with Crippen molar-refractivity contribution < 1.29 is 4.52 Å². The molecule has 0 aromatic carbocycles. The third kappa shape index (κ3) is 2.43. The Morgan fingerprint density at radius 2 is 2.31 bits per heavy atom. The van der Waals surface area contributed by atoms with Crippen molar-refractivity contribution in [1.82, 2.24) is 30.2 Å². The first-order valence-corrected chi connectivity index (χ1v) is 5.16. The first-order chi connectivity index (χ1) is 7.79. The van der Waals surface area contributed by atoms with Gasteiger partial charge >= 0.3 is 0 Å². The van der Waals surface area contributed by atoms with Gasteiger partial charge in [-0.25, -0.2) is 0 Å². The van der Waals surface area contributed by atoms with Crippen molar-refractivity contribution in [2.45, 2.75) is 33.5 Å². The molecule has 0 aliphatic carbocycles. The fourth-order valence-electron chi connectivity index (χ4n) is 1.38. The molecule has 2 aromatic rings. The van der Waals surface area contributed by atoms with E-state index in [0.29, 0.717) is 24.8 Å². The molecule has 2 heterocycles. The van der Waals surface area contributed by atoms with Gasteiger partial charge in [-0.2, -0.15) is 4.98 Å². The SMILES string of the molecule is CCn1cnnc1CNCc1noc(C)n1. The van der Waals surface area contributed by atoms with Crippen LogP contribution in [0.15, 0.2) is 10.9 Å². The summed E-state index contributed by atoms with van der Waals surface area (Å²) in [7, 11) is 0. The molecule has 0 fully saturated rings. The topological polar surface area (TPSA) is 81.7 Å². The average Bonchev–Trinajstić information content (AvgIpc) is 2.87. The second kappa shape index (κ2) is 4.84. The Labute approximate surface area is 92.9 Å². The molecule has 2 rings (SSSR count). The summed E-state index contributed by atoms with van der Waals surface area (Å²) in [5.74, 6) is 2.14.